The second-order valence-electron chi connectivity index (χ2n) is 8.71. The van der Waals surface area contributed by atoms with E-state index in [9.17, 15) is 20.4 Å². The molecule has 5 nitrogen and oxygen atoms in total. The van der Waals surface area contributed by atoms with E-state index in [1.807, 2.05) is 24.3 Å². The van der Waals surface area contributed by atoms with Gasteiger partial charge >= 0.3 is 0 Å². The normalized spacial score (nSPS) is 30.1. The Labute approximate surface area is 185 Å². The molecule has 6 heteroatoms. The summed E-state index contributed by atoms with van der Waals surface area (Å²) in [4.78, 5) is 0. The predicted octanol–water partition coefficient (Wildman–Crippen LogP) is 2.90. The molecule has 1 heterocycles. The number of hydrogen-bond acceptors (Lipinski definition) is 5. The molecule has 1 saturated carbocycles. The Hall–Kier alpha value is -1.99. The average molecular weight is 441 g/mol. The molecule has 3 aromatic carbocycles. The Morgan fingerprint density at radius 2 is 1.74 bits per heavy atom. The Balaban J connectivity index is 1.54. The molecular weight excluding hydrogens is 416 g/mol. The third kappa shape index (κ3) is 3.37. The summed E-state index contributed by atoms with van der Waals surface area (Å²) in [6, 6.07) is 18.3. The molecule has 1 aliphatic carbocycles. The number of halogens is 1. The van der Waals surface area contributed by atoms with Gasteiger partial charge in [-0.15, -0.1) is 0 Å². The Kier molecular flexibility index (Phi) is 5.29. The third-order valence-electron chi connectivity index (χ3n) is 6.86. The van der Waals surface area contributed by atoms with Gasteiger partial charge in [0.25, 0.3) is 0 Å². The molecule has 1 spiro atoms. The van der Waals surface area contributed by atoms with Crippen molar-refractivity contribution in [2.75, 3.05) is 6.61 Å². The largest absolute Gasteiger partial charge is 0.396 e. The zero-order valence-electron chi connectivity index (χ0n) is 16.9. The van der Waals surface area contributed by atoms with E-state index < -0.39 is 29.8 Å². The third-order valence-corrected chi connectivity index (χ3v) is 7.21. The van der Waals surface area contributed by atoms with Gasteiger partial charge in [0.15, 0.2) is 0 Å². The fraction of sp³-hybridized carbons (Fsp3) is 0.360. The highest BCUT2D eigenvalue weighted by Crippen LogP contribution is 2.50. The molecule has 162 valence electrons. The van der Waals surface area contributed by atoms with E-state index in [4.69, 9.17) is 16.3 Å². The molecule has 5 rings (SSSR count). The van der Waals surface area contributed by atoms with Crippen molar-refractivity contribution in [3.63, 3.8) is 0 Å². The first-order chi connectivity index (χ1) is 14.9. The molecule has 0 aromatic heterocycles. The number of fused-ring (bicyclic) bond motifs is 3. The van der Waals surface area contributed by atoms with Gasteiger partial charge in [0.2, 0.25) is 0 Å². The Bertz CT molecular complexity index is 1130. The zero-order chi connectivity index (χ0) is 21.8. The number of aliphatic hydroxyl groups excluding tert-OH is 4. The van der Waals surface area contributed by atoms with E-state index in [-0.39, 0.29) is 19.6 Å². The summed E-state index contributed by atoms with van der Waals surface area (Å²) in [6.07, 6.45) is -3.09. The lowest BCUT2D eigenvalue weighted by atomic mass is 9.69. The first kappa shape index (κ1) is 20.9. The van der Waals surface area contributed by atoms with Gasteiger partial charge in [-0.1, -0.05) is 60.1 Å². The molecule has 31 heavy (non-hydrogen) atoms. The van der Waals surface area contributed by atoms with Crippen LogP contribution in [0.15, 0.2) is 54.6 Å². The summed E-state index contributed by atoms with van der Waals surface area (Å²) in [5.74, 6) is -0.594. The molecule has 4 N–H and O–H groups in total. The van der Waals surface area contributed by atoms with E-state index in [2.05, 4.69) is 30.3 Å². The summed E-state index contributed by atoms with van der Waals surface area (Å²) in [7, 11) is 0. The van der Waals surface area contributed by atoms with E-state index in [1.54, 1.807) is 0 Å². The minimum absolute atomic E-state index is 0.215. The van der Waals surface area contributed by atoms with Gasteiger partial charge in [-0.3, -0.25) is 0 Å². The zero-order valence-corrected chi connectivity index (χ0v) is 17.7. The van der Waals surface area contributed by atoms with Crippen LogP contribution in [0, 0.1) is 5.92 Å². The maximum absolute atomic E-state index is 10.9. The van der Waals surface area contributed by atoms with Crippen molar-refractivity contribution in [3.8, 4) is 0 Å². The summed E-state index contributed by atoms with van der Waals surface area (Å²) in [6.45, 7) is -0.0493. The second kappa shape index (κ2) is 7.85. The van der Waals surface area contributed by atoms with Gasteiger partial charge in [0.05, 0.1) is 12.7 Å². The molecule has 0 unspecified atom stereocenters. The molecule has 2 aliphatic rings. The van der Waals surface area contributed by atoms with Crippen molar-refractivity contribution in [2.24, 2.45) is 5.92 Å². The number of ether oxygens (including phenoxy) is 1. The maximum atomic E-state index is 10.9. The van der Waals surface area contributed by atoms with Crippen LogP contribution in [0.1, 0.15) is 28.7 Å². The lowest BCUT2D eigenvalue weighted by Gasteiger charge is -2.46. The van der Waals surface area contributed by atoms with Crippen LogP contribution >= 0.6 is 11.6 Å². The number of benzene rings is 3. The standard InChI is InChI=1S/C25H25ClO5/c26-21-10-18-13-31-25(11-19(12-27)22(28)23(29)24(25)30)20(18)9-17(21)8-14-5-6-15-3-1-2-4-16(15)7-14/h1-7,9-10,19,22-24,27-30H,8,11-13H2/t19-,22-,23+,24-,25-/m1/s1. The van der Waals surface area contributed by atoms with Crippen LogP contribution in [0.5, 0.6) is 0 Å². The highest BCUT2D eigenvalue weighted by Gasteiger charge is 2.56. The van der Waals surface area contributed by atoms with Gasteiger partial charge in [0, 0.05) is 17.5 Å². The van der Waals surface area contributed by atoms with Crippen molar-refractivity contribution in [3.05, 3.63) is 81.9 Å². The van der Waals surface area contributed by atoms with Crippen molar-refractivity contribution >= 4 is 22.4 Å². The van der Waals surface area contributed by atoms with Crippen molar-refractivity contribution in [2.45, 2.75) is 43.4 Å². The number of aliphatic hydroxyl groups is 4. The molecule has 0 amide bonds. The van der Waals surface area contributed by atoms with E-state index in [0.717, 1.165) is 27.6 Å². The van der Waals surface area contributed by atoms with Crippen LogP contribution < -0.4 is 0 Å². The minimum atomic E-state index is -1.41. The van der Waals surface area contributed by atoms with Crippen LogP contribution in [0.4, 0.5) is 0 Å². The van der Waals surface area contributed by atoms with Gasteiger partial charge in [-0.25, -0.2) is 0 Å². The molecule has 1 fully saturated rings. The smallest absolute Gasteiger partial charge is 0.123 e. The van der Waals surface area contributed by atoms with Crippen molar-refractivity contribution in [1.29, 1.82) is 0 Å². The maximum Gasteiger partial charge on any atom is 0.123 e. The van der Waals surface area contributed by atoms with E-state index >= 15 is 0 Å². The highest BCUT2D eigenvalue weighted by molar-refractivity contribution is 6.31. The second-order valence-corrected chi connectivity index (χ2v) is 9.12. The summed E-state index contributed by atoms with van der Waals surface area (Å²) in [5.41, 5.74) is 2.45. The summed E-state index contributed by atoms with van der Waals surface area (Å²) < 4.78 is 6.04. The topological polar surface area (TPSA) is 90.2 Å². The van der Waals surface area contributed by atoms with Crippen molar-refractivity contribution in [1.82, 2.24) is 0 Å². The minimum Gasteiger partial charge on any atom is -0.396 e. The lowest BCUT2D eigenvalue weighted by Crippen LogP contribution is -2.59. The van der Waals surface area contributed by atoms with Gasteiger partial charge < -0.3 is 25.2 Å². The number of hydrogen-bond donors (Lipinski definition) is 4. The summed E-state index contributed by atoms with van der Waals surface area (Å²) >= 11 is 6.60. The molecule has 0 radical (unpaired) electrons. The quantitative estimate of drug-likeness (QED) is 0.503. The van der Waals surface area contributed by atoms with Gasteiger partial charge in [-0.2, -0.15) is 0 Å². The Morgan fingerprint density at radius 3 is 2.52 bits per heavy atom. The van der Waals surface area contributed by atoms with Gasteiger partial charge in [0.1, 0.15) is 17.8 Å². The SMILES string of the molecule is OC[C@H]1C[C@]2(OCc3cc(Cl)c(Cc4ccc5ccccc5c4)cc32)[C@H](O)[C@@H](O)[C@@H]1O. The van der Waals surface area contributed by atoms with Crippen LogP contribution in [-0.4, -0.2) is 45.3 Å². The predicted molar refractivity (Wildman–Crippen MR) is 118 cm³/mol. The fourth-order valence-electron chi connectivity index (χ4n) is 5.12. The molecule has 0 bridgehead atoms. The summed E-state index contributed by atoms with van der Waals surface area (Å²) in [5, 5.41) is 44.2. The first-order valence-electron chi connectivity index (χ1n) is 10.5. The molecule has 5 atom stereocenters. The Morgan fingerprint density at radius 1 is 0.968 bits per heavy atom. The number of rotatable bonds is 3. The molecule has 3 aromatic rings. The molecule has 1 aliphatic heterocycles. The molecule has 0 saturated heterocycles. The van der Waals surface area contributed by atoms with Gasteiger partial charge in [-0.05, 0) is 51.9 Å². The van der Waals surface area contributed by atoms with E-state index in [1.165, 1.54) is 5.39 Å². The van der Waals surface area contributed by atoms with Crippen LogP contribution in [-0.2, 0) is 23.4 Å². The molecular formula is C25H25ClO5. The van der Waals surface area contributed by atoms with Crippen LogP contribution in [0.25, 0.3) is 10.8 Å². The van der Waals surface area contributed by atoms with Crippen molar-refractivity contribution < 1.29 is 25.2 Å². The van der Waals surface area contributed by atoms with Crippen LogP contribution in [0.2, 0.25) is 5.02 Å². The lowest BCUT2D eigenvalue weighted by molar-refractivity contribution is -0.228. The first-order valence-corrected chi connectivity index (χ1v) is 10.9. The van der Waals surface area contributed by atoms with Crippen LogP contribution in [0.3, 0.4) is 0 Å². The highest BCUT2D eigenvalue weighted by atomic mass is 35.5. The fourth-order valence-corrected chi connectivity index (χ4v) is 5.37. The monoisotopic (exact) mass is 440 g/mol. The average Bonchev–Trinajstić information content (AvgIpc) is 3.13. The van der Waals surface area contributed by atoms with E-state index in [0.29, 0.717) is 11.4 Å².